The number of rotatable bonds is 5. The van der Waals surface area contributed by atoms with Crippen LogP contribution in [0.25, 0.3) is 0 Å². The van der Waals surface area contributed by atoms with Crippen molar-refractivity contribution in [3.05, 3.63) is 53.9 Å². The van der Waals surface area contributed by atoms with Crippen molar-refractivity contribution in [1.29, 1.82) is 0 Å². The van der Waals surface area contributed by atoms with Crippen LogP contribution in [-0.4, -0.2) is 60.5 Å². The van der Waals surface area contributed by atoms with Gasteiger partial charge in [0.05, 0.1) is 26.2 Å². The van der Waals surface area contributed by atoms with Gasteiger partial charge in [-0.1, -0.05) is 29.8 Å². The second kappa shape index (κ2) is 8.07. The third-order valence-corrected chi connectivity index (χ3v) is 4.67. The Balaban J connectivity index is 1.46. The van der Waals surface area contributed by atoms with E-state index in [-0.39, 0.29) is 5.91 Å². The Labute approximate surface area is 149 Å². The molecule has 0 unspecified atom stereocenters. The predicted molar refractivity (Wildman–Crippen MR) is 97.5 cm³/mol. The number of nitrogens with one attached hydrogen (secondary N) is 1. The van der Waals surface area contributed by atoms with Crippen LogP contribution in [-0.2, 0) is 11.3 Å². The van der Waals surface area contributed by atoms with Crippen molar-refractivity contribution >= 4 is 11.9 Å². The molecule has 0 spiro atoms. The highest BCUT2D eigenvalue weighted by atomic mass is 16.2. The standard InChI is InChI=1S/C19H25N5O/c1-16-4-6-17(7-5-16)14-22(2)18(25)15-23-10-12-24(13-11-23)19-20-8-3-9-21-19/h3-9H,10-15H2,1-2H3/p+1. The van der Waals surface area contributed by atoms with Crippen molar-refractivity contribution in [2.75, 3.05) is 44.7 Å². The Morgan fingerprint density at radius 2 is 1.80 bits per heavy atom. The summed E-state index contributed by atoms with van der Waals surface area (Å²) in [4.78, 5) is 26.4. The monoisotopic (exact) mass is 340 g/mol. The van der Waals surface area contributed by atoms with E-state index in [1.54, 1.807) is 12.4 Å². The Hall–Kier alpha value is -2.47. The van der Waals surface area contributed by atoms with Crippen LogP contribution in [0.5, 0.6) is 0 Å². The van der Waals surface area contributed by atoms with Gasteiger partial charge in [-0.3, -0.25) is 4.79 Å². The van der Waals surface area contributed by atoms with E-state index < -0.39 is 0 Å². The number of piperazine rings is 1. The normalized spacial score (nSPS) is 15.2. The maximum Gasteiger partial charge on any atom is 0.277 e. The summed E-state index contributed by atoms with van der Waals surface area (Å²) in [5.74, 6) is 0.976. The van der Waals surface area contributed by atoms with E-state index in [4.69, 9.17) is 0 Å². The zero-order valence-corrected chi connectivity index (χ0v) is 15.0. The molecule has 1 amide bonds. The number of carbonyl (C=O) groups excluding carboxylic acids is 1. The van der Waals surface area contributed by atoms with Crippen LogP contribution in [0.2, 0.25) is 0 Å². The lowest BCUT2D eigenvalue weighted by Gasteiger charge is -2.32. The summed E-state index contributed by atoms with van der Waals surface area (Å²) in [6.45, 7) is 6.91. The molecule has 1 fully saturated rings. The summed E-state index contributed by atoms with van der Waals surface area (Å²) in [5, 5.41) is 0. The minimum absolute atomic E-state index is 0.194. The number of hydrogen-bond acceptors (Lipinski definition) is 4. The van der Waals surface area contributed by atoms with Gasteiger partial charge < -0.3 is 14.7 Å². The number of quaternary nitrogens is 1. The SMILES string of the molecule is Cc1ccc(CN(C)C(=O)C[NH+]2CCN(c3ncccn3)CC2)cc1. The van der Waals surface area contributed by atoms with Crippen LogP contribution in [0.3, 0.4) is 0 Å². The summed E-state index contributed by atoms with van der Waals surface area (Å²) in [5.41, 5.74) is 2.41. The first-order valence-electron chi connectivity index (χ1n) is 8.77. The summed E-state index contributed by atoms with van der Waals surface area (Å²) in [7, 11) is 1.88. The molecule has 1 aromatic heterocycles. The summed E-state index contributed by atoms with van der Waals surface area (Å²) in [6.07, 6.45) is 3.54. The van der Waals surface area contributed by atoms with Gasteiger partial charge in [-0.2, -0.15) is 0 Å². The second-order valence-electron chi connectivity index (χ2n) is 6.70. The molecule has 25 heavy (non-hydrogen) atoms. The largest absolute Gasteiger partial charge is 0.337 e. The van der Waals surface area contributed by atoms with Gasteiger partial charge in [0, 0.05) is 26.0 Å². The van der Waals surface area contributed by atoms with Crippen molar-refractivity contribution in [1.82, 2.24) is 14.9 Å². The fraction of sp³-hybridized carbons (Fsp3) is 0.421. The Morgan fingerprint density at radius 3 is 2.44 bits per heavy atom. The summed E-state index contributed by atoms with van der Waals surface area (Å²) < 4.78 is 0. The molecular formula is C19H26N5O+. The lowest BCUT2D eigenvalue weighted by molar-refractivity contribution is -0.892. The molecule has 1 N–H and O–H groups in total. The van der Waals surface area contributed by atoms with Crippen LogP contribution in [0, 0.1) is 6.92 Å². The first-order chi connectivity index (χ1) is 12.1. The fourth-order valence-corrected chi connectivity index (χ4v) is 3.06. The molecule has 6 nitrogen and oxygen atoms in total. The first-order valence-corrected chi connectivity index (χ1v) is 8.77. The molecule has 0 saturated carbocycles. The number of anilines is 1. The number of carbonyl (C=O) groups is 1. The van der Waals surface area contributed by atoms with Crippen LogP contribution < -0.4 is 9.80 Å². The van der Waals surface area contributed by atoms with Gasteiger partial charge >= 0.3 is 0 Å². The van der Waals surface area contributed by atoms with Gasteiger partial charge in [0.25, 0.3) is 5.91 Å². The van der Waals surface area contributed by atoms with E-state index >= 15 is 0 Å². The van der Waals surface area contributed by atoms with Crippen LogP contribution in [0.4, 0.5) is 5.95 Å². The number of aromatic nitrogens is 2. The predicted octanol–water partition coefficient (Wildman–Crippen LogP) is 0.149. The highest BCUT2D eigenvalue weighted by Gasteiger charge is 2.24. The molecule has 0 aliphatic carbocycles. The highest BCUT2D eigenvalue weighted by molar-refractivity contribution is 5.76. The first kappa shape index (κ1) is 17.4. The minimum Gasteiger partial charge on any atom is -0.337 e. The van der Waals surface area contributed by atoms with Gasteiger partial charge in [0.2, 0.25) is 5.95 Å². The smallest absolute Gasteiger partial charge is 0.277 e. The molecule has 0 bridgehead atoms. The molecule has 3 rings (SSSR count). The van der Waals surface area contributed by atoms with E-state index in [0.29, 0.717) is 13.1 Å². The van der Waals surface area contributed by atoms with Crippen LogP contribution in [0.1, 0.15) is 11.1 Å². The molecular weight excluding hydrogens is 314 g/mol. The van der Waals surface area contributed by atoms with Gasteiger partial charge in [-0.25, -0.2) is 9.97 Å². The zero-order chi connectivity index (χ0) is 17.6. The minimum atomic E-state index is 0.194. The molecule has 1 aromatic carbocycles. The van der Waals surface area contributed by atoms with Gasteiger partial charge in [0.1, 0.15) is 0 Å². The Morgan fingerprint density at radius 1 is 1.16 bits per heavy atom. The van der Waals surface area contributed by atoms with Crippen molar-refractivity contribution < 1.29 is 9.69 Å². The highest BCUT2D eigenvalue weighted by Crippen LogP contribution is 2.06. The molecule has 6 heteroatoms. The molecule has 0 atom stereocenters. The van der Waals surface area contributed by atoms with Crippen molar-refractivity contribution in [2.24, 2.45) is 0 Å². The Kier molecular flexibility index (Phi) is 5.60. The lowest BCUT2D eigenvalue weighted by Crippen LogP contribution is -3.15. The topological polar surface area (TPSA) is 53.8 Å². The van der Waals surface area contributed by atoms with E-state index in [2.05, 4.69) is 46.1 Å². The average Bonchev–Trinajstić information content (AvgIpc) is 2.65. The van der Waals surface area contributed by atoms with Gasteiger partial charge in [0.15, 0.2) is 6.54 Å². The fourth-order valence-electron chi connectivity index (χ4n) is 3.06. The van der Waals surface area contributed by atoms with Crippen molar-refractivity contribution in [3.8, 4) is 0 Å². The summed E-state index contributed by atoms with van der Waals surface area (Å²) in [6, 6.07) is 10.2. The van der Waals surface area contributed by atoms with E-state index in [1.807, 2.05) is 18.0 Å². The van der Waals surface area contributed by atoms with Crippen molar-refractivity contribution in [3.63, 3.8) is 0 Å². The van der Waals surface area contributed by atoms with Gasteiger partial charge in [-0.05, 0) is 18.6 Å². The number of hydrogen-bond donors (Lipinski definition) is 1. The Bertz CT molecular complexity index is 681. The number of amides is 1. The summed E-state index contributed by atoms with van der Waals surface area (Å²) >= 11 is 0. The molecule has 132 valence electrons. The maximum atomic E-state index is 12.5. The molecule has 1 aliphatic heterocycles. The van der Waals surface area contributed by atoms with Crippen LogP contribution in [0.15, 0.2) is 42.7 Å². The second-order valence-corrected chi connectivity index (χ2v) is 6.70. The molecule has 1 saturated heterocycles. The van der Waals surface area contributed by atoms with E-state index in [9.17, 15) is 4.79 Å². The van der Waals surface area contributed by atoms with Crippen molar-refractivity contribution in [2.45, 2.75) is 13.5 Å². The number of likely N-dealkylation sites (N-methyl/N-ethyl adjacent to an activating group) is 1. The lowest BCUT2D eigenvalue weighted by atomic mass is 10.1. The van der Waals surface area contributed by atoms with Gasteiger partial charge in [-0.15, -0.1) is 0 Å². The molecule has 0 radical (unpaired) electrons. The van der Waals surface area contributed by atoms with E-state index in [1.165, 1.54) is 16.0 Å². The quantitative estimate of drug-likeness (QED) is 0.842. The zero-order valence-electron chi connectivity index (χ0n) is 15.0. The molecule has 2 aromatic rings. The molecule has 2 heterocycles. The third kappa shape index (κ3) is 4.76. The maximum absolute atomic E-state index is 12.5. The number of nitrogens with zero attached hydrogens (tertiary/aromatic N) is 4. The average molecular weight is 340 g/mol. The third-order valence-electron chi connectivity index (χ3n) is 4.67. The number of aryl methyl sites for hydroxylation is 1. The van der Waals surface area contributed by atoms with Crippen LogP contribution >= 0.6 is 0 Å². The molecule has 1 aliphatic rings. The number of benzene rings is 1. The van der Waals surface area contributed by atoms with E-state index in [0.717, 1.165) is 32.1 Å².